The van der Waals surface area contributed by atoms with E-state index in [1.165, 1.54) is 31.9 Å². The van der Waals surface area contributed by atoms with E-state index in [0.717, 1.165) is 12.8 Å². The van der Waals surface area contributed by atoms with Crippen LogP contribution in [-0.2, 0) is 22.8 Å². The van der Waals surface area contributed by atoms with Gasteiger partial charge in [-0.15, -0.1) is 0 Å². The van der Waals surface area contributed by atoms with Gasteiger partial charge in [0.25, 0.3) is 0 Å². The van der Waals surface area contributed by atoms with Gasteiger partial charge in [0, 0.05) is 19.8 Å². The van der Waals surface area contributed by atoms with E-state index in [9.17, 15) is 4.79 Å². The SMILES string of the molecule is C=COC(=O)C(CCCCCCCC)[Si](OCC)(OCC)OCC. The van der Waals surface area contributed by atoms with Gasteiger partial charge in [-0.05, 0) is 27.2 Å². The lowest BCUT2D eigenvalue weighted by atomic mass is 10.1. The van der Waals surface area contributed by atoms with Gasteiger partial charge in [0.1, 0.15) is 5.54 Å². The third kappa shape index (κ3) is 8.42. The zero-order chi connectivity index (χ0) is 18.3. The van der Waals surface area contributed by atoms with Crippen molar-refractivity contribution in [2.24, 2.45) is 0 Å². The standard InChI is InChI=1S/C18H36O5Si/c1-6-11-12-13-14-15-16-17(18(19)20-7-2)24(21-8-3,22-9-4)23-10-5/h7,17H,2,6,8-16H2,1,3-5H3. The average molecular weight is 361 g/mol. The Kier molecular flexibility index (Phi) is 14.2. The molecule has 0 fully saturated rings. The molecule has 6 heteroatoms. The van der Waals surface area contributed by atoms with Crippen LogP contribution in [-0.4, -0.2) is 34.6 Å². The minimum Gasteiger partial charge on any atom is -0.435 e. The highest BCUT2D eigenvalue weighted by Gasteiger charge is 2.53. The quantitative estimate of drug-likeness (QED) is 0.171. The van der Waals surface area contributed by atoms with Crippen molar-refractivity contribution in [1.29, 1.82) is 0 Å². The number of carbonyl (C=O) groups is 1. The van der Waals surface area contributed by atoms with Crippen molar-refractivity contribution in [1.82, 2.24) is 0 Å². The Hall–Kier alpha value is -0.693. The maximum absolute atomic E-state index is 12.5. The lowest BCUT2D eigenvalue weighted by Crippen LogP contribution is -2.53. The Morgan fingerprint density at radius 3 is 1.88 bits per heavy atom. The number of hydrogen-bond donors (Lipinski definition) is 0. The van der Waals surface area contributed by atoms with Gasteiger partial charge in [-0.25, -0.2) is 0 Å². The average Bonchev–Trinajstić information content (AvgIpc) is 2.55. The molecule has 24 heavy (non-hydrogen) atoms. The summed E-state index contributed by atoms with van der Waals surface area (Å²) in [6.45, 7) is 12.7. The summed E-state index contributed by atoms with van der Waals surface area (Å²) in [4.78, 5) is 12.5. The number of unbranched alkanes of at least 4 members (excludes halogenated alkanes) is 5. The van der Waals surface area contributed by atoms with Gasteiger partial charge in [0.2, 0.25) is 0 Å². The van der Waals surface area contributed by atoms with E-state index in [0.29, 0.717) is 26.2 Å². The van der Waals surface area contributed by atoms with Crippen molar-refractivity contribution in [3.8, 4) is 0 Å². The highest BCUT2D eigenvalue weighted by atomic mass is 28.4. The van der Waals surface area contributed by atoms with Crippen LogP contribution in [0.2, 0.25) is 5.54 Å². The molecule has 0 bridgehead atoms. The number of hydrogen-bond acceptors (Lipinski definition) is 5. The van der Waals surface area contributed by atoms with Crippen LogP contribution in [0.3, 0.4) is 0 Å². The lowest BCUT2D eigenvalue weighted by Gasteiger charge is -2.33. The first-order valence-corrected chi connectivity index (χ1v) is 11.1. The van der Waals surface area contributed by atoms with Crippen molar-refractivity contribution in [2.45, 2.75) is 78.2 Å². The molecule has 142 valence electrons. The minimum atomic E-state index is -3.12. The van der Waals surface area contributed by atoms with Crippen LogP contribution in [0.1, 0.15) is 72.6 Å². The second-order valence-corrected chi connectivity index (χ2v) is 8.39. The fourth-order valence-corrected chi connectivity index (χ4v) is 5.74. The highest BCUT2D eigenvalue weighted by molar-refractivity contribution is 6.66. The summed E-state index contributed by atoms with van der Waals surface area (Å²) in [6, 6.07) is 0. The minimum absolute atomic E-state index is 0.361. The molecule has 0 aliphatic heterocycles. The molecule has 0 heterocycles. The summed E-state index contributed by atoms with van der Waals surface area (Å²) in [6.07, 6.45) is 8.76. The topological polar surface area (TPSA) is 54.0 Å². The first kappa shape index (κ1) is 23.3. The van der Waals surface area contributed by atoms with Gasteiger partial charge in [0.15, 0.2) is 0 Å². The lowest BCUT2D eigenvalue weighted by molar-refractivity contribution is -0.140. The van der Waals surface area contributed by atoms with E-state index in [-0.39, 0.29) is 5.97 Å². The van der Waals surface area contributed by atoms with Crippen molar-refractivity contribution >= 4 is 14.8 Å². The second-order valence-electron chi connectivity index (χ2n) is 5.62. The Labute approximate surface area is 149 Å². The Morgan fingerprint density at radius 2 is 1.42 bits per heavy atom. The summed E-state index contributed by atoms with van der Waals surface area (Å²) in [5, 5.41) is 0. The first-order chi connectivity index (χ1) is 11.6. The fraction of sp³-hybridized carbons (Fsp3) is 0.833. The molecule has 0 amide bonds. The Balaban J connectivity index is 5.01. The van der Waals surface area contributed by atoms with Gasteiger partial charge < -0.3 is 18.0 Å². The van der Waals surface area contributed by atoms with Crippen LogP contribution in [0.5, 0.6) is 0 Å². The van der Waals surface area contributed by atoms with Crippen molar-refractivity contribution in [2.75, 3.05) is 19.8 Å². The Morgan fingerprint density at radius 1 is 0.917 bits per heavy atom. The molecule has 0 saturated carbocycles. The first-order valence-electron chi connectivity index (χ1n) is 9.34. The summed E-state index contributed by atoms with van der Waals surface area (Å²) < 4.78 is 22.7. The Bertz CT molecular complexity index is 318. The summed E-state index contributed by atoms with van der Waals surface area (Å²) in [5.74, 6) is -0.361. The van der Waals surface area contributed by atoms with Crippen LogP contribution in [0.4, 0.5) is 0 Å². The normalized spacial score (nSPS) is 12.8. The molecular formula is C18H36O5Si. The fourth-order valence-electron chi connectivity index (χ4n) is 2.76. The van der Waals surface area contributed by atoms with Crippen LogP contribution >= 0.6 is 0 Å². The van der Waals surface area contributed by atoms with Gasteiger partial charge in [-0.1, -0.05) is 52.0 Å². The highest BCUT2D eigenvalue weighted by Crippen LogP contribution is 2.33. The molecule has 0 aromatic carbocycles. The molecule has 0 saturated heterocycles. The maximum atomic E-state index is 12.5. The summed E-state index contributed by atoms with van der Waals surface area (Å²) >= 11 is 0. The largest absolute Gasteiger partial charge is 0.515 e. The molecule has 1 unspecified atom stereocenters. The molecule has 0 aliphatic carbocycles. The number of carbonyl (C=O) groups excluding carboxylic acids is 1. The smallest absolute Gasteiger partial charge is 0.435 e. The molecule has 0 rings (SSSR count). The van der Waals surface area contributed by atoms with Crippen LogP contribution < -0.4 is 0 Å². The number of esters is 1. The molecule has 0 aromatic rings. The van der Waals surface area contributed by atoms with E-state index in [4.69, 9.17) is 18.0 Å². The molecule has 0 aromatic heterocycles. The van der Waals surface area contributed by atoms with Gasteiger partial charge in [-0.2, -0.15) is 0 Å². The van der Waals surface area contributed by atoms with Crippen molar-refractivity contribution in [3.05, 3.63) is 12.8 Å². The number of ether oxygens (including phenoxy) is 1. The summed E-state index contributed by atoms with van der Waals surface area (Å²) in [7, 11) is -3.12. The van der Waals surface area contributed by atoms with Gasteiger partial charge >= 0.3 is 14.8 Å². The molecule has 5 nitrogen and oxygen atoms in total. The van der Waals surface area contributed by atoms with E-state index in [2.05, 4.69) is 13.5 Å². The predicted octanol–water partition coefficient (Wildman–Crippen LogP) is 4.84. The molecule has 0 N–H and O–H groups in total. The molecule has 1 atom stereocenters. The second kappa shape index (κ2) is 14.6. The van der Waals surface area contributed by atoms with Gasteiger partial charge in [-0.3, -0.25) is 4.79 Å². The zero-order valence-electron chi connectivity index (χ0n) is 16.0. The van der Waals surface area contributed by atoms with E-state index < -0.39 is 14.3 Å². The van der Waals surface area contributed by atoms with E-state index in [1.54, 1.807) is 0 Å². The van der Waals surface area contributed by atoms with Gasteiger partial charge in [0.05, 0.1) is 6.26 Å². The van der Waals surface area contributed by atoms with Crippen LogP contribution in [0.15, 0.2) is 12.8 Å². The van der Waals surface area contributed by atoms with Crippen LogP contribution in [0.25, 0.3) is 0 Å². The summed E-state index contributed by atoms with van der Waals surface area (Å²) in [5.41, 5.74) is -0.499. The van der Waals surface area contributed by atoms with E-state index >= 15 is 0 Å². The van der Waals surface area contributed by atoms with Crippen molar-refractivity contribution in [3.63, 3.8) is 0 Å². The molecule has 0 radical (unpaired) electrons. The predicted molar refractivity (Wildman–Crippen MR) is 98.7 cm³/mol. The molecule has 0 aliphatic rings. The monoisotopic (exact) mass is 360 g/mol. The maximum Gasteiger partial charge on any atom is 0.515 e. The number of rotatable bonds is 16. The molecule has 0 spiro atoms. The third-order valence-electron chi connectivity index (χ3n) is 3.79. The zero-order valence-corrected chi connectivity index (χ0v) is 17.0. The van der Waals surface area contributed by atoms with E-state index in [1.807, 2.05) is 20.8 Å². The van der Waals surface area contributed by atoms with Crippen molar-refractivity contribution < 1.29 is 22.8 Å². The molecular weight excluding hydrogens is 324 g/mol. The third-order valence-corrected chi connectivity index (χ3v) is 7.24. The van der Waals surface area contributed by atoms with Crippen LogP contribution in [0, 0.1) is 0 Å².